The van der Waals surface area contributed by atoms with Crippen LogP contribution in [0.3, 0.4) is 0 Å². The van der Waals surface area contributed by atoms with Gasteiger partial charge in [0.05, 0.1) is 11.1 Å². The highest BCUT2D eigenvalue weighted by molar-refractivity contribution is 7.89. The van der Waals surface area contributed by atoms with Gasteiger partial charge in [-0.25, -0.2) is 13.1 Å². The van der Waals surface area contributed by atoms with Crippen LogP contribution in [0.4, 0.5) is 0 Å². The molecule has 1 aromatic heterocycles. The molecule has 1 unspecified atom stereocenters. The summed E-state index contributed by atoms with van der Waals surface area (Å²) in [5, 5.41) is 5.01. The number of hydrazine groups is 1. The molecule has 2 N–H and O–H groups in total. The summed E-state index contributed by atoms with van der Waals surface area (Å²) in [5.74, 6) is -1.30. The molecule has 0 spiro atoms. The largest absolute Gasteiger partial charge is 0.290 e. The normalized spacial score (nSPS) is 16.7. The Kier molecular flexibility index (Phi) is 8.20. The van der Waals surface area contributed by atoms with E-state index in [1.807, 2.05) is 0 Å². The average Bonchev–Trinajstić information content (AvgIpc) is 3.30. The molecule has 11 heteroatoms. The van der Waals surface area contributed by atoms with Crippen LogP contribution < -0.4 is 16.4 Å². The Morgan fingerprint density at radius 3 is 2.52 bits per heavy atom. The third-order valence-electron chi connectivity index (χ3n) is 5.68. The Hall–Kier alpha value is -2.79. The van der Waals surface area contributed by atoms with Crippen molar-refractivity contribution < 1.29 is 18.0 Å². The Morgan fingerprint density at radius 2 is 1.82 bits per heavy atom. The molecule has 0 bridgehead atoms. The van der Waals surface area contributed by atoms with E-state index in [2.05, 4.69) is 22.9 Å². The second-order valence-corrected chi connectivity index (χ2v) is 10.2. The van der Waals surface area contributed by atoms with Gasteiger partial charge in [0, 0.05) is 18.5 Å². The van der Waals surface area contributed by atoms with Crippen LogP contribution in [-0.2, 0) is 21.4 Å². The molecule has 2 aromatic rings. The van der Waals surface area contributed by atoms with Gasteiger partial charge in [-0.3, -0.25) is 25.2 Å². The molecule has 180 valence electrons. The molecule has 1 aromatic carbocycles. The zero-order valence-electron chi connectivity index (χ0n) is 19.0. The summed E-state index contributed by atoms with van der Waals surface area (Å²) >= 11 is 0. The van der Waals surface area contributed by atoms with Gasteiger partial charge in [-0.05, 0) is 31.7 Å². The van der Waals surface area contributed by atoms with Gasteiger partial charge in [-0.1, -0.05) is 44.9 Å². The summed E-state index contributed by atoms with van der Waals surface area (Å²) in [7, 11) is -3.54. The fraction of sp³-hybridized carbons (Fsp3) is 0.545. The van der Waals surface area contributed by atoms with Gasteiger partial charge < -0.3 is 0 Å². The molecule has 3 rings (SSSR count). The van der Waals surface area contributed by atoms with Crippen molar-refractivity contribution in [2.24, 2.45) is 0 Å². The van der Waals surface area contributed by atoms with E-state index in [1.54, 1.807) is 31.2 Å². The first-order valence-corrected chi connectivity index (χ1v) is 13.0. The molecule has 1 aliphatic rings. The number of rotatable bonds is 9. The van der Waals surface area contributed by atoms with Crippen molar-refractivity contribution in [3.8, 4) is 0 Å². The van der Waals surface area contributed by atoms with Gasteiger partial charge in [-0.2, -0.15) is 9.40 Å². The monoisotopic (exact) mass is 477 g/mol. The zero-order valence-corrected chi connectivity index (χ0v) is 19.9. The van der Waals surface area contributed by atoms with Crippen molar-refractivity contribution >= 4 is 32.6 Å². The molecule has 1 aliphatic heterocycles. The van der Waals surface area contributed by atoms with Crippen LogP contribution in [0.1, 0.15) is 62.9 Å². The highest BCUT2D eigenvalue weighted by Crippen LogP contribution is 2.22. The van der Waals surface area contributed by atoms with Crippen molar-refractivity contribution in [3.05, 3.63) is 40.3 Å². The second kappa shape index (κ2) is 10.9. The van der Waals surface area contributed by atoms with Gasteiger partial charge in [-0.15, -0.1) is 0 Å². The summed E-state index contributed by atoms with van der Waals surface area (Å²) in [4.78, 5) is 38.4. The maximum Gasteiger partial charge on any atom is 0.290 e. The molecule has 1 atom stereocenters. The first-order valence-electron chi connectivity index (χ1n) is 11.4. The minimum Gasteiger partial charge on any atom is -0.271 e. The number of unbranched alkanes of at least 4 members (excludes halogenated alkanes) is 2. The van der Waals surface area contributed by atoms with E-state index in [-0.39, 0.29) is 23.6 Å². The van der Waals surface area contributed by atoms with Crippen LogP contribution in [0.5, 0.6) is 0 Å². The van der Waals surface area contributed by atoms with Crippen LogP contribution in [0, 0.1) is 0 Å². The van der Waals surface area contributed by atoms with Gasteiger partial charge in [0.15, 0.2) is 5.69 Å². The second-order valence-electron chi connectivity index (χ2n) is 8.16. The van der Waals surface area contributed by atoms with Crippen molar-refractivity contribution in [2.45, 2.75) is 65.0 Å². The minimum atomic E-state index is -3.54. The number of carbonyl (C=O) groups excluding carboxylic acids is 2. The molecule has 33 heavy (non-hydrogen) atoms. The van der Waals surface area contributed by atoms with Crippen LogP contribution in [0.25, 0.3) is 10.8 Å². The molecule has 1 saturated heterocycles. The van der Waals surface area contributed by atoms with E-state index in [1.165, 1.54) is 8.99 Å². The lowest BCUT2D eigenvalue weighted by atomic mass is 10.1. The topological polar surface area (TPSA) is 130 Å². The Morgan fingerprint density at radius 1 is 1.09 bits per heavy atom. The lowest BCUT2D eigenvalue weighted by Crippen LogP contribution is -2.52. The third kappa shape index (κ3) is 5.59. The standard InChI is InChI=1S/C22H31N5O5S/c1-3-5-8-13-26-22(30)17-11-7-6-10-16(17)19(25-26)21(29)24-23-20(28)18-12-9-14-27(18)33(31,32)15-4-2/h6-7,10-11,18H,3-5,8-9,12-15H2,1-2H3,(H,23,28)(H,24,29). The SMILES string of the molecule is CCCCCn1nc(C(=O)NNC(=O)C2CCCN2S(=O)(=O)CCC)c2ccccc2c1=O. The zero-order chi connectivity index (χ0) is 24.0. The van der Waals surface area contributed by atoms with E-state index in [4.69, 9.17) is 0 Å². The first kappa shape index (κ1) is 24.8. The van der Waals surface area contributed by atoms with Crippen LogP contribution in [0.15, 0.2) is 29.1 Å². The van der Waals surface area contributed by atoms with E-state index < -0.39 is 27.9 Å². The van der Waals surface area contributed by atoms with E-state index in [0.717, 1.165) is 19.3 Å². The number of nitrogens with one attached hydrogen (secondary N) is 2. The molecule has 0 aliphatic carbocycles. The number of hydrogen-bond donors (Lipinski definition) is 2. The predicted octanol–water partition coefficient (Wildman–Crippen LogP) is 1.55. The molecule has 2 amide bonds. The number of aryl methyl sites for hydroxylation is 1. The quantitative estimate of drug-likeness (QED) is 0.416. The lowest BCUT2D eigenvalue weighted by molar-refractivity contribution is -0.125. The minimum absolute atomic E-state index is 0.0175. The maximum absolute atomic E-state index is 12.9. The van der Waals surface area contributed by atoms with E-state index in [0.29, 0.717) is 36.6 Å². The van der Waals surface area contributed by atoms with Gasteiger partial charge in [0.25, 0.3) is 17.4 Å². The van der Waals surface area contributed by atoms with Gasteiger partial charge in [0.2, 0.25) is 10.0 Å². The highest BCUT2D eigenvalue weighted by Gasteiger charge is 2.38. The van der Waals surface area contributed by atoms with Gasteiger partial charge in [0.1, 0.15) is 6.04 Å². The molecule has 2 heterocycles. The fourth-order valence-electron chi connectivity index (χ4n) is 4.04. The summed E-state index contributed by atoms with van der Waals surface area (Å²) in [5.41, 5.74) is 4.44. The van der Waals surface area contributed by atoms with Gasteiger partial charge >= 0.3 is 0 Å². The van der Waals surface area contributed by atoms with E-state index in [9.17, 15) is 22.8 Å². The fourth-order valence-corrected chi connectivity index (χ4v) is 5.78. The number of aromatic nitrogens is 2. The number of nitrogens with zero attached hydrogens (tertiary/aromatic N) is 3. The number of benzene rings is 1. The van der Waals surface area contributed by atoms with Crippen molar-refractivity contribution in [1.29, 1.82) is 0 Å². The van der Waals surface area contributed by atoms with Crippen LogP contribution in [-0.4, -0.2) is 52.7 Å². The average molecular weight is 478 g/mol. The lowest BCUT2D eigenvalue weighted by Gasteiger charge is -2.23. The van der Waals surface area contributed by atoms with Crippen LogP contribution >= 0.6 is 0 Å². The summed E-state index contributed by atoms with van der Waals surface area (Å²) in [6, 6.07) is 5.83. The Balaban J connectivity index is 1.78. The number of amides is 2. The number of hydrogen-bond acceptors (Lipinski definition) is 6. The molecular formula is C22H31N5O5S. The van der Waals surface area contributed by atoms with E-state index >= 15 is 0 Å². The maximum atomic E-state index is 12.9. The van der Waals surface area contributed by atoms with Crippen molar-refractivity contribution in [1.82, 2.24) is 24.9 Å². The molecule has 0 radical (unpaired) electrons. The smallest absolute Gasteiger partial charge is 0.271 e. The van der Waals surface area contributed by atoms with Crippen LogP contribution in [0.2, 0.25) is 0 Å². The summed E-state index contributed by atoms with van der Waals surface area (Å²) in [6.45, 7) is 4.48. The van der Waals surface area contributed by atoms with Crippen molar-refractivity contribution in [2.75, 3.05) is 12.3 Å². The first-order chi connectivity index (χ1) is 15.8. The Bertz CT molecular complexity index is 1180. The third-order valence-corrected chi connectivity index (χ3v) is 7.76. The van der Waals surface area contributed by atoms with Crippen molar-refractivity contribution in [3.63, 3.8) is 0 Å². The Labute approximate surface area is 193 Å². The number of carbonyl (C=O) groups is 2. The molecular weight excluding hydrogens is 446 g/mol. The summed E-state index contributed by atoms with van der Waals surface area (Å²) in [6.07, 6.45) is 4.07. The summed E-state index contributed by atoms with van der Waals surface area (Å²) < 4.78 is 27.4. The number of fused-ring (bicyclic) bond motifs is 1. The molecule has 1 fully saturated rings. The molecule has 0 saturated carbocycles. The number of sulfonamides is 1. The highest BCUT2D eigenvalue weighted by atomic mass is 32.2. The predicted molar refractivity (Wildman–Crippen MR) is 125 cm³/mol. The molecule has 10 nitrogen and oxygen atoms in total.